The third-order valence-corrected chi connectivity index (χ3v) is 3.21. The van der Waals surface area contributed by atoms with Gasteiger partial charge in [0.2, 0.25) is 5.91 Å². The molecule has 0 atom stereocenters. The molecule has 1 aromatic heterocycles. The predicted molar refractivity (Wildman–Crippen MR) is 87.2 cm³/mol. The van der Waals surface area contributed by atoms with E-state index in [1.165, 1.54) is 17.2 Å². The van der Waals surface area contributed by atoms with Crippen LogP contribution in [0.5, 0.6) is 0 Å². The monoisotopic (exact) mass is 316 g/mol. The van der Waals surface area contributed by atoms with Crippen molar-refractivity contribution in [3.63, 3.8) is 0 Å². The Morgan fingerprint density at radius 3 is 2.65 bits per heavy atom. The average Bonchev–Trinajstić information content (AvgIpc) is 3.02. The lowest BCUT2D eigenvalue weighted by Crippen LogP contribution is -2.41. The Hall–Kier alpha value is -2.83. The molecule has 0 aliphatic heterocycles. The molecule has 0 unspecified atom stereocenters. The summed E-state index contributed by atoms with van der Waals surface area (Å²) >= 11 is 0. The van der Waals surface area contributed by atoms with Gasteiger partial charge in [-0.05, 0) is 25.0 Å². The number of nitrogens with zero attached hydrogens (tertiary/aromatic N) is 2. The Morgan fingerprint density at radius 2 is 2.00 bits per heavy atom. The van der Waals surface area contributed by atoms with E-state index in [0.717, 1.165) is 17.7 Å². The van der Waals surface area contributed by atoms with Crippen molar-refractivity contribution in [3.05, 3.63) is 42.2 Å². The standard InChI is InChI=1S/C16H20N4O3/c1-3-9-20(11-15(21)18-14-8-10-23-19-14)16(22)17-13-7-5-4-6-12(13)2/h4-8,10H,3,9,11H2,1-2H3,(H,17,22)(H,18,19,21). The predicted octanol–water partition coefficient (Wildman–Crippen LogP) is 2.87. The molecule has 1 heterocycles. The molecular formula is C16H20N4O3. The summed E-state index contributed by atoms with van der Waals surface area (Å²) in [5.74, 6) is -0.00181. The van der Waals surface area contributed by atoms with Crippen LogP contribution in [0.2, 0.25) is 0 Å². The molecule has 0 saturated heterocycles. The largest absolute Gasteiger partial charge is 0.363 e. The van der Waals surface area contributed by atoms with Crippen LogP contribution in [0.3, 0.4) is 0 Å². The van der Waals surface area contributed by atoms with Gasteiger partial charge in [-0.25, -0.2) is 4.79 Å². The smallest absolute Gasteiger partial charge is 0.322 e. The lowest BCUT2D eigenvalue weighted by Gasteiger charge is -2.22. The van der Waals surface area contributed by atoms with E-state index < -0.39 is 0 Å². The number of para-hydroxylation sites is 1. The molecule has 0 bridgehead atoms. The molecular weight excluding hydrogens is 296 g/mol. The van der Waals surface area contributed by atoms with E-state index in [2.05, 4.69) is 20.3 Å². The first-order valence-corrected chi connectivity index (χ1v) is 7.42. The fourth-order valence-corrected chi connectivity index (χ4v) is 2.06. The van der Waals surface area contributed by atoms with Gasteiger partial charge >= 0.3 is 6.03 Å². The summed E-state index contributed by atoms with van der Waals surface area (Å²) in [6.07, 6.45) is 2.11. The minimum absolute atomic E-state index is 0.0571. The zero-order valence-electron chi connectivity index (χ0n) is 13.2. The molecule has 0 aliphatic carbocycles. The van der Waals surface area contributed by atoms with Crippen molar-refractivity contribution < 1.29 is 14.1 Å². The van der Waals surface area contributed by atoms with E-state index in [4.69, 9.17) is 0 Å². The van der Waals surface area contributed by atoms with E-state index in [0.29, 0.717) is 12.4 Å². The van der Waals surface area contributed by atoms with Crippen LogP contribution in [0.15, 0.2) is 41.1 Å². The zero-order valence-corrected chi connectivity index (χ0v) is 13.2. The highest BCUT2D eigenvalue weighted by Gasteiger charge is 2.17. The van der Waals surface area contributed by atoms with Crippen LogP contribution in [-0.2, 0) is 4.79 Å². The van der Waals surface area contributed by atoms with Gasteiger partial charge in [0.15, 0.2) is 5.82 Å². The lowest BCUT2D eigenvalue weighted by atomic mass is 10.2. The second-order valence-corrected chi connectivity index (χ2v) is 5.10. The van der Waals surface area contributed by atoms with Crippen molar-refractivity contribution in [2.24, 2.45) is 0 Å². The summed E-state index contributed by atoms with van der Waals surface area (Å²) in [6.45, 7) is 4.28. The maximum atomic E-state index is 12.4. The van der Waals surface area contributed by atoms with Gasteiger partial charge in [0.05, 0.1) is 0 Å². The summed E-state index contributed by atoms with van der Waals surface area (Å²) in [5.41, 5.74) is 1.69. The molecule has 0 radical (unpaired) electrons. The minimum atomic E-state index is -0.327. The number of carbonyl (C=O) groups is 2. The van der Waals surface area contributed by atoms with Gasteiger partial charge in [-0.2, -0.15) is 0 Å². The molecule has 7 nitrogen and oxygen atoms in total. The summed E-state index contributed by atoms with van der Waals surface area (Å²) < 4.78 is 4.65. The molecule has 2 rings (SSSR count). The second-order valence-electron chi connectivity index (χ2n) is 5.10. The Morgan fingerprint density at radius 1 is 1.22 bits per heavy atom. The van der Waals surface area contributed by atoms with Crippen molar-refractivity contribution >= 4 is 23.4 Å². The summed E-state index contributed by atoms with van der Waals surface area (Å²) in [6, 6.07) is 8.72. The van der Waals surface area contributed by atoms with Gasteiger partial charge in [0.25, 0.3) is 0 Å². The topological polar surface area (TPSA) is 87.5 Å². The fraction of sp³-hybridized carbons (Fsp3) is 0.312. The van der Waals surface area contributed by atoms with Gasteiger partial charge in [-0.1, -0.05) is 30.3 Å². The molecule has 2 aromatic rings. The van der Waals surface area contributed by atoms with E-state index in [1.54, 1.807) is 0 Å². The van der Waals surface area contributed by atoms with Gasteiger partial charge < -0.3 is 20.1 Å². The van der Waals surface area contributed by atoms with E-state index in [-0.39, 0.29) is 18.5 Å². The van der Waals surface area contributed by atoms with Gasteiger partial charge in [-0.15, -0.1) is 0 Å². The number of hydrogen-bond donors (Lipinski definition) is 2. The first kappa shape index (κ1) is 16.5. The Labute approximate surface area is 134 Å². The van der Waals surface area contributed by atoms with Crippen LogP contribution in [0.1, 0.15) is 18.9 Å². The van der Waals surface area contributed by atoms with Crippen LogP contribution in [0.4, 0.5) is 16.3 Å². The molecule has 1 aromatic carbocycles. The number of benzene rings is 1. The highest BCUT2D eigenvalue weighted by atomic mass is 16.5. The van der Waals surface area contributed by atoms with Crippen LogP contribution in [-0.4, -0.2) is 35.1 Å². The quantitative estimate of drug-likeness (QED) is 0.858. The molecule has 7 heteroatoms. The van der Waals surface area contributed by atoms with Crippen LogP contribution in [0, 0.1) is 6.92 Å². The van der Waals surface area contributed by atoms with Crippen molar-refractivity contribution in [1.29, 1.82) is 0 Å². The fourth-order valence-electron chi connectivity index (χ4n) is 2.06. The molecule has 0 aliphatic rings. The highest BCUT2D eigenvalue weighted by Crippen LogP contribution is 2.14. The second kappa shape index (κ2) is 7.98. The van der Waals surface area contributed by atoms with Crippen molar-refractivity contribution in [3.8, 4) is 0 Å². The summed E-state index contributed by atoms with van der Waals surface area (Å²) in [7, 11) is 0. The first-order valence-electron chi connectivity index (χ1n) is 7.42. The number of hydrogen-bond acceptors (Lipinski definition) is 4. The SMILES string of the molecule is CCCN(CC(=O)Nc1ccon1)C(=O)Nc1ccccc1C. The third kappa shape index (κ3) is 4.84. The van der Waals surface area contributed by atoms with Gasteiger partial charge in [-0.3, -0.25) is 4.79 Å². The maximum Gasteiger partial charge on any atom is 0.322 e. The number of urea groups is 1. The van der Waals surface area contributed by atoms with Crippen LogP contribution >= 0.6 is 0 Å². The number of aryl methyl sites for hydroxylation is 1. The molecule has 122 valence electrons. The summed E-state index contributed by atoms with van der Waals surface area (Å²) in [4.78, 5) is 25.9. The lowest BCUT2D eigenvalue weighted by molar-refractivity contribution is -0.116. The highest BCUT2D eigenvalue weighted by molar-refractivity contribution is 5.96. The Bertz CT molecular complexity index is 655. The minimum Gasteiger partial charge on any atom is -0.363 e. The third-order valence-electron chi connectivity index (χ3n) is 3.21. The molecule has 23 heavy (non-hydrogen) atoms. The number of carbonyl (C=O) groups excluding carboxylic acids is 2. The van der Waals surface area contributed by atoms with E-state index in [1.807, 2.05) is 38.1 Å². The number of aromatic nitrogens is 1. The van der Waals surface area contributed by atoms with Crippen LogP contribution < -0.4 is 10.6 Å². The molecule has 3 amide bonds. The molecule has 2 N–H and O–H groups in total. The number of rotatable bonds is 6. The molecule has 0 spiro atoms. The molecule has 0 saturated carbocycles. The molecule has 0 fully saturated rings. The normalized spacial score (nSPS) is 10.2. The first-order chi connectivity index (χ1) is 11.1. The average molecular weight is 316 g/mol. The number of amides is 3. The summed E-state index contributed by atoms with van der Waals surface area (Å²) in [5, 5.41) is 9.02. The van der Waals surface area contributed by atoms with Crippen molar-refractivity contribution in [1.82, 2.24) is 10.1 Å². The van der Waals surface area contributed by atoms with Crippen molar-refractivity contribution in [2.75, 3.05) is 23.7 Å². The van der Waals surface area contributed by atoms with Crippen LogP contribution in [0.25, 0.3) is 0 Å². The maximum absolute atomic E-state index is 12.4. The zero-order chi connectivity index (χ0) is 16.7. The Balaban J connectivity index is 1.98. The van der Waals surface area contributed by atoms with Crippen molar-refractivity contribution in [2.45, 2.75) is 20.3 Å². The van der Waals surface area contributed by atoms with E-state index >= 15 is 0 Å². The number of anilines is 2. The van der Waals surface area contributed by atoms with Gasteiger partial charge in [0, 0.05) is 18.3 Å². The van der Waals surface area contributed by atoms with E-state index in [9.17, 15) is 9.59 Å². The Kier molecular flexibility index (Phi) is 5.74. The van der Waals surface area contributed by atoms with Gasteiger partial charge in [0.1, 0.15) is 12.8 Å². The number of nitrogens with one attached hydrogen (secondary N) is 2.